The van der Waals surface area contributed by atoms with Gasteiger partial charge in [0.25, 0.3) is 0 Å². The van der Waals surface area contributed by atoms with Gasteiger partial charge in [0.05, 0.1) is 6.61 Å². The first-order valence-electron chi connectivity index (χ1n) is 5.03. The molecule has 0 aliphatic heterocycles. The Bertz CT molecular complexity index is 206. The van der Waals surface area contributed by atoms with E-state index in [1.807, 2.05) is 0 Å². The number of rotatable bonds is 4. The Labute approximate surface area is 79.6 Å². The molecule has 0 aromatic carbocycles. The molecule has 2 heteroatoms. The van der Waals surface area contributed by atoms with E-state index in [4.69, 9.17) is 5.11 Å². The molecule has 0 bridgehead atoms. The second-order valence-corrected chi connectivity index (χ2v) is 3.81. The predicted molar refractivity (Wildman–Crippen MR) is 52.4 cm³/mol. The summed E-state index contributed by atoms with van der Waals surface area (Å²) in [6, 6.07) is 0. The summed E-state index contributed by atoms with van der Waals surface area (Å²) < 4.78 is 0. The molecule has 1 rings (SSSR count). The van der Waals surface area contributed by atoms with Crippen LogP contribution in [0.25, 0.3) is 0 Å². The van der Waals surface area contributed by atoms with Crippen molar-refractivity contribution in [2.24, 2.45) is 5.92 Å². The zero-order valence-electron chi connectivity index (χ0n) is 8.25. The molecular weight excluding hydrogens is 164 g/mol. The van der Waals surface area contributed by atoms with Gasteiger partial charge in [-0.1, -0.05) is 11.6 Å². The van der Waals surface area contributed by atoms with E-state index in [0.717, 1.165) is 12.8 Å². The van der Waals surface area contributed by atoms with Crippen LogP contribution in [0.2, 0.25) is 0 Å². The Morgan fingerprint density at radius 3 is 2.85 bits per heavy atom. The SMILES string of the molecule is CC(=O)CC(CO)C1=CCCCC1. The summed E-state index contributed by atoms with van der Waals surface area (Å²) in [5.41, 5.74) is 1.30. The number of hydrogen-bond acceptors (Lipinski definition) is 2. The highest BCUT2D eigenvalue weighted by Crippen LogP contribution is 2.26. The number of hydrogen-bond donors (Lipinski definition) is 1. The molecule has 0 saturated heterocycles. The van der Waals surface area contributed by atoms with E-state index in [9.17, 15) is 4.79 Å². The number of allylic oxidation sites excluding steroid dienone is 1. The quantitative estimate of drug-likeness (QED) is 0.676. The first-order valence-corrected chi connectivity index (χ1v) is 5.03. The van der Waals surface area contributed by atoms with E-state index in [1.54, 1.807) is 6.92 Å². The number of ketones is 1. The summed E-state index contributed by atoms with van der Waals surface area (Å²) in [7, 11) is 0. The van der Waals surface area contributed by atoms with E-state index in [1.165, 1.54) is 18.4 Å². The first kappa shape index (κ1) is 10.5. The van der Waals surface area contributed by atoms with Gasteiger partial charge in [0.15, 0.2) is 0 Å². The summed E-state index contributed by atoms with van der Waals surface area (Å²) in [6.45, 7) is 1.71. The molecule has 1 aliphatic carbocycles. The van der Waals surface area contributed by atoms with Gasteiger partial charge >= 0.3 is 0 Å². The second-order valence-electron chi connectivity index (χ2n) is 3.81. The second kappa shape index (κ2) is 5.18. The normalized spacial score (nSPS) is 19.4. The summed E-state index contributed by atoms with van der Waals surface area (Å²) >= 11 is 0. The molecule has 1 N–H and O–H groups in total. The smallest absolute Gasteiger partial charge is 0.130 e. The maximum atomic E-state index is 10.9. The summed E-state index contributed by atoms with van der Waals surface area (Å²) in [6.07, 6.45) is 7.35. The molecular formula is C11H18O2. The highest BCUT2D eigenvalue weighted by atomic mass is 16.3. The Balaban J connectivity index is 2.53. The van der Waals surface area contributed by atoms with Crippen LogP contribution in [0.4, 0.5) is 0 Å². The van der Waals surface area contributed by atoms with Crippen LogP contribution in [0.15, 0.2) is 11.6 Å². The molecule has 74 valence electrons. The zero-order chi connectivity index (χ0) is 9.68. The first-order chi connectivity index (χ1) is 6.24. The highest BCUT2D eigenvalue weighted by molar-refractivity contribution is 5.76. The van der Waals surface area contributed by atoms with Crippen LogP contribution in [0.3, 0.4) is 0 Å². The van der Waals surface area contributed by atoms with Crippen molar-refractivity contribution in [1.82, 2.24) is 0 Å². The standard InChI is InChI=1S/C11H18O2/c1-9(13)7-11(8-12)10-5-3-2-4-6-10/h5,11-12H,2-4,6-8H2,1H3. The highest BCUT2D eigenvalue weighted by Gasteiger charge is 2.16. The number of aliphatic hydroxyl groups is 1. The molecule has 0 saturated carbocycles. The fourth-order valence-electron chi connectivity index (χ4n) is 1.89. The molecule has 1 unspecified atom stereocenters. The van der Waals surface area contributed by atoms with Crippen molar-refractivity contribution in [3.8, 4) is 0 Å². The molecule has 0 fully saturated rings. The molecule has 0 radical (unpaired) electrons. The van der Waals surface area contributed by atoms with Gasteiger partial charge in [-0.2, -0.15) is 0 Å². The van der Waals surface area contributed by atoms with Crippen molar-refractivity contribution in [1.29, 1.82) is 0 Å². The third-order valence-electron chi connectivity index (χ3n) is 2.60. The van der Waals surface area contributed by atoms with Crippen molar-refractivity contribution in [2.75, 3.05) is 6.61 Å². The van der Waals surface area contributed by atoms with Crippen LogP contribution in [0.5, 0.6) is 0 Å². The molecule has 13 heavy (non-hydrogen) atoms. The summed E-state index contributed by atoms with van der Waals surface area (Å²) in [5, 5.41) is 9.13. The van der Waals surface area contributed by atoms with Crippen molar-refractivity contribution >= 4 is 5.78 Å². The monoisotopic (exact) mass is 182 g/mol. The summed E-state index contributed by atoms with van der Waals surface area (Å²) in [5.74, 6) is 0.267. The Morgan fingerprint density at radius 2 is 2.38 bits per heavy atom. The molecule has 0 spiro atoms. The lowest BCUT2D eigenvalue weighted by Gasteiger charge is -2.20. The lowest BCUT2D eigenvalue weighted by atomic mass is 9.87. The van der Waals surface area contributed by atoms with E-state index >= 15 is 0 Å². The van der Waals surface area contributed by atoms with Gasteiger partial charge in [-0.25, -0.2) is 0 Å². The Morgan fingerprint density at radius 1 is 1.62 bits per heavy atom. The van der Waals surface area contributed by atoms with Crippen LogP contribution in [-0.2, 0) is 4.79 Å². The molecule has 0 heterocycles. The van der Waals surface area contributed by atoms with Crippen molar-refractivity contribution < 1.29 is 9.90 Å². The van der Waals surface area contributed by atoms with Gasteiger partial charge in [-0.05, 0) is 32.6 Å². The third-order valence-corrected chi connectivity index (χ3v) is 2.60. The molecule has 0 aromatic heterocycles. The largest absolute Gasteiger partial charge is 0.396 e. The molecule has 1 aliphatic rings. The minimum atomic E-state index is 0.0952. The van der Waals surface area contributed by atoms with Crippen molar-refractivity contribution in [2.45, 2.75) is 39.0 Å². The fourth-order valence-corrected chi connectivity index (χ4v) is 1.89. The van der Waals surface area contributed by atoms with Gasteiger partial charge in [-0.3, -0.25) is 0 Å². The van der Waals surface area contributed by atoms with Gasteiger partial charge < -0.3 is 9.90 Å². The average Bonchev–Trinajstić information content (AvgIpc) is 2.15. The van der Waals surface area contributed by atoms with Gasteiger partial charge in [0.1, 0.15) is 5.78 Å². The van der Waals surface area contributed by atoms with E-state index in [0.29, 0.717) is 6.42 Å². The maximum Gasteiger partial charge on any atom is 0.130 e. The molecule has 2 nitrogen and oxygen atoms in total. The zero-order valence-corrected chi connectivity index (χ0v) is 8.25. The minimum absolute atomic E-state index is 0.0952. The topological polar surface area (TPSA) is 37.3 Å². The molecule has 0 amide bonds. The lowest BCUT2D eigenvalue weighted by Crippen LogP contribution is -2.14. The number of Topliss-reactive ketones (excluding diaryl/α,β-unsaturated/α-hetero) is 1. The summed E-state index contributed by atoms with van der Waals surface area (Å²) in [4.78, 5) is 10.9. The fraction of sp³-hybridized carbons (Fsp3) is 0.727. The number of aliphatic hydroxyl groups excluding tert-OH is 1. The van der Waals surface area contributed by atoms with Gasteiger partial charge in [0.2, 0.25) is 0 Å². The van der Waals surface area contributed by atoms with Gasteiger partial charge in [-0.15, -0.1) is 0 Å². The predicted octanol–water partition coefficient (Wildman–Crippen LogP) is 2.07. The van der Waals surface area contributed by atoms with E-state index in [-0.39, 0.29) is 18.3 Å². The minimum Gasteiger partial charge on any atom is -0.396 e. The number of carbonyl (C=O) groups is 1. The van der Waals surface area contributed by atoms with Crippen LogP contribution < -0.4 is 0 Å². The van der Waals surface area contributed by atoms with Crippen molar-refractivity contribution in [3.05, 3.63) is 11.6 Å². The number of carbonyl (C=O) groups excluding carboxylic acids is 1. The Hall–Kier alpha value is -0.630. The van der Waals surface area contributed by atoms with E-state index < -0.39 is 0 Å². The van der Waals surface area contributed by atoms with Crippen LogP contribution in [0.1, 0.15) is 39.0 Å². The third kappa shape index (κ3) is 3.31. The maximum absolute atomic E-state index is 10.9. The molecule has 1 atom stereocenters. The van der Waals surface area contributed by atoms with Crippen LogP contribution >= 0.6 is 0 Å². The average molecular weight is 182 g/mol. The Kier molecular flexibility index (Phi) is 4.16. The van der Waals surface area contributed by atoms with Crippen LogP contribution in [0, 0.1) is 5.92 Å². The van der Waals surface area contributed by atoms with Crippen LogP contribution in [-0.4, -0.2) is 17.5 Å². The molecule has 0 aromatic rings. The van der Waals surface area contributed by atoms with E-state index in [2.05, 4.69) is 6.08 Å². The lowest BCUT2D eigenvalue weighted by molar-refractivity contribution is -0.117. The van der Waals surface area contributed by atoms with Gasteiger partial charge in [0, 0.05) is 12.3 Å². The van der Waals surface area contributed by atoms with Crippen molar-refractivity contribution in [3.63, 3.8) is 0 Å².